The quantitative estimate of drug-likeness (QED) is 0.698. The molecule has 0 saturated carbocycles. The number of nitrogens with one attached hydrogen (secondary N) is 1. The van der Waals surface area contributed by atoms with Crippen molar-refractivity contribution in [2.75, 3.05) is 53.5 Å². The van der Waals surface area contributed by atoms with E-state index < -0.39 is 16.0 Å². The van der Waals surface area contributed by atoms with Gasteiger partial charge in [0.25, 0.3) is 0 Å². The molecule has 1 atom stereocenters. The summed E-state index contributed by atoms with van der Waals surface area (Å²) in [4.78, 5) is 14.4. The molecule has 2 heterocycles. The van der Waals surface area contributed by atoms with Gasteiger partial charge in [0.1, 0.15) is 11.3 Å². The summed E-state index contributed by atoms with van der Waals surface area (Å²) in [6.45, 7) is 4.70. The number of hydrogen-bond donors (Lipinski definition) is 1. The van der Waals surface area contributed by atoms with E-state index in [1.807, 2.05) is 0 Å². The highest BCUT2D eigenvalue weighted by atomic mass is 35.5. The lowest BCUT2D eigenvalue weighted by Crippen LogP contribution is -2.49. The maximum atomic E-state index is 13.0. The Morgan fingerprint density at radius 3 is 2.52 bits per heavy atom. The van der Waals surface area contributed by atoms with Crippen molar-refractivity contribution in [3.8, 4) is 5.75 Å². The first-order valence-corrected chi connectivity index (χ1v) is 10.1. The average Bonchev–Trinajstić information content (AvgIpc) is 3.18. The minimum atomic E-state index is -3.67. The number of esters is 1. The largest absolute Gasteiger partial charge is 0.496 e. The summed E-state index contributed by atoms with van der Waals surface area (Å²) in [5.41, 5.74) is 0.105. The molecule has 2 fully saturated rings. The van der Waals surface area contributed by atoms with Crippen LogP contribution in [0, 0.1) is 0 Å². The highest BCUT2D eigenvalue weighted by Gasteiger charge is 2.36. The molecule has 1 aromatic carbocycles. The van der Waals surface area contributed by atoms with E-state index in [0.717, 1.165) is 32.6 Å². The van der Waals surface area contributed by atoms with Gasteiger partial charge in [0, 0.05) is 45.3 Å². The van der Waals surface area contributed by atoms with Gasteiger partial charge in [-0.2, -0.15) is 4.31 Å². The number of rotatable bonds is 5. The minimum absolute atomic E-state index is 0. The summed E-state index contributed by atoms with van der Waals surface area (Å²) < 4.78 is 37.4. The lowest BCUT2D eigenvalue weighted by atomic mass is 10.2. The normalized spacial score (nSPS) is 21.5. The third-order valence-corrected chi connectivity index (χ3v) is 6.87. The van der Waals surface area contributed by atoms with E-state index >= 15 is 0 Å². The molecule has 2 aliphatic rings. The highest BCUT2D eigenvalue weighted by Crippen LogP contribution is 2.28. The van der Waals surface area contributed by atoms with Crippen LogP contribution < -0.4 is 10.1 Å². The zero-order chi connectivity index (χ0) is 18.7. The monoisotopic (exact) mass is 419 g/mol. The van der Waals surface area contributed by atoms with Crippen LogP contribution in [0.5, 0.6) is 5.75 Å². The van der Waals surface area contributed by atoms with E-state index in [1.165, 1.54) is 36.7 Å². The van der Waals surface area contributed by atoms with Crippen LogP contribution in [0.4, 0.5) is 0 Å². The fourth-order valence-corrected chi connectivity index (χ4v) is 5.06. The number of carbonyl (C=O) groups excluding carboxylic acids is 1. The van der Waals surface area contributed by atoms with Crippen molar-refractivity contribution in [2.24, 2.45) is 0 Å². The Morgan fingerprint density at radius 1 is 1.19 bits per heavy atom. The lowest BCUT2D eigenvalue weighted by molar-refractivity contribution is 0.0596. The number of halogens is 1. The molecule has 27 heavy (non-hydrogen) atoms. The van der Waals surface area contributed by atoms with Gasteiger partial charge in [-0.15, -0.1) is 12.4 Å². The van der Waals surface area contributed by atoms with Gasteiger partial charge in [0.2, 0.25) is 10.0 Å². The van der Waals surface area contributed by atoms with Crippen LogP contribution in [-0.4, -0.2) is 83.1 Å². The number of benzene rings is 1. The molecule has 1 N–H and O–H groups in total. The summed E-state index contributed by atoms with van der Waals surface area (Å²) in [5.74, 6) is -0.338. The smallest absolute Gasteiger partial charge is 0.341 e. The van der Waals surface area contributed by atoms with Gasteiger partial charge in [-0.1, -0.05) is 0 Å². The second-order valence-electron chi connectivity index (χ2n) is 6.45. The molecule has 0 spiro atoms. The molecule has 0 radical (unpaired) electrons. The fourth-order valence-electron chi connectivity index (χ4n) is 3.54. The van der Waals surface area contributed by atoms with Crippen molar-refractivity contribution < 1.29 is 22.7 Å². The molecule has 1 aromatic rings. The zero-order valence-corrected chi connectivity index (χ0v) is 17.1. The number of sulfonamides is 1. The Morgan fingerprint density at radius 2 is 1.89 bits per heavy atom. The van der Waals surface area contributed by atoms with Gasteiger partial charge in [0.15, 0.2) is 0 Å². The summed E-state index contributed by atoms with van der Waals surface area (Å²) in [6, 6.07) is 4.53. The third kappa shape index (κ3) is 4.55. The number of ether oxygens (including phenoxy) is 2. The van der Waals surface area contributed by atoms with E-state index in [-0.39, 0.29) is 34.7 Å². The predicted octanol–water partition coefficient (Wildman–Crippen LogP) is 0.572. The van der Waals surface area contributed by atoms with E-state index in [9.17, 15) is 13.2 Å². The second kappa shape index (κ2) is 9.20. The van der Waals surface area contributed by atoms with Gasteiger partial charge in [-0.3, -0.25) is 4.90 Å². The minimum Gasteiger partial charge on any atom is -0.496 e. The maximum absolute atomic E-state index is 13.0. The Balaban J connectivity index is 0.00000261. The maximum Gasteiger partial charge on any atom is 0.341 e. The molecule has 2 aliphatic heterocycles. The summed E-state index contributed by atoms with van der Waals surface area (Å²) >= 11 is 0. The van der Waals surface area contributed by atoms with Crippen molar-refractivity contribution in [3.63, 3.8) is 0 Å². The van der Waals surface area contributed by atoms with Crippen molar-refractivity contribution in [2.45, 2.75) is 17.4 Å². The first-order valence-electron chi connectivity index (χ1n) is 8.68. The van der Waals surface area contributed by atoms with Crippen LogP contribution in [0.3, 0.4) is 0 Å². The summed E-state index contributed by atoms with van der Waals surface area (Å²) in [5, 5.41) is 3.31. The number of methoxy groups -OCH3 is 2. The third-order valence-electron chi connectivity index (χ3n) is 5.01. The molecule has 0 aliphatic carbocycles. The van der Waals surface area contributed by atoms with Crippen LogP contribution >= 0.6 is 12.4 Å². The number of carbonyl (C=O) groups is 1. The first-order chi connectivity index (χ1) is 12.5. The molecule has 10 heteroatoms. The number of piperazine rings is 1. The van der Waals surface area contributed by atoms with E-state index in [4.69, 9.17) is 9.47 Å². The van der Waals surface area contributed by atoms with Crippen LogP contribution in [0.15, 0.2) is 23.1 Å². The SMILES string of the molecule is COC(=O)c1cc(S(=O)(=O)N2CCC(N3CCNCC3)C2)ccc1OC.Cl. The van der Waals surface area contributed by atoms with Crippen LogP contribution in [0.25, 0.3) is 0 Å². The number of hydrogen-bond acceptors (Lipinski definition) is 7. The van der Waals surface area contributed by atoms with Gasteiger partial charge >= 0.3 is 5.97 Å². The number of nitrogens with zero attached hydrogens (tertiary/aromatic N) is 2. The molecule has 0 aromatic heterocycles. The lowest BCUT2D eigenvalue weighted by Gasteiger charge is -2.32. The summed E-state index contributed by atoms with van der Waals surface area (Å²) in [6.07, 6.45) is 0.819. The predicted molar refractivity (Wildman–Crippen MR) is 103 cm³/mol. The molecule has 0 amide bonds. The fraction of sp³-hybridized carbons (Fsp3) is 0.588. The molecule has 3 rings (SSSR count). The van der Waals surface area contributed by atoms with Gasteiger partial charge < -0.3 is 14.8 Å². The van der Waals surface area contributed by atoms with Crippen LogP contribution in [0.1, 0.15) is 16.8 Å². The van der Waals surface area contributed by atoms with E-state index in [2.05, 4.69) is 10.2 Å². The van der Waals surface area contributed by atoms with Crippen molar-refractivity contribution in [1.29, 1.82) is 0 Å². The average molecular weight is 420 g/mol. The molecule has 0 bridgehead atoms. The molecule has 152 valence electrons. The Bertz CT molecular complexity index is 768. The van der Waals surface area contributed by atoms with Crippen molar-refractivity contribution in [3.05, 3.63) is 23.8 Å². The molecule has 2 saturated heterocycles. The topological polar surface area (TPSA) is 88.2 Å². The van der Waals surface area contributed by atoms with Gasteiger partial charge in [-0.25, -0.2) is 13.2 Å². The zero-order valence-electron chi connectivity index (χ0n) is 15.5. The molecular weight excluding hydrogens is 394 g/mol. The van der Waals surface area contributed by atoms with E-state index in [0.29, 0.717) is 13.1 Å². The Hall–Kier alpha value is -1.39. The van der Waals surface area contributed by atoms with Crippen molar-refractivity contribution >= 4 is 28.4 Å². The Kier molecular flexibility index (Phi) is 7.47. The summed E-state index contributed by atoms with van der Waals surface area (Å²) in [7, 11) is -0.995. The molecular formula is C17H26ClN3O5S. The van der Waals surface area contributed by atoms with Crippen LogP contribution in [0.2, 0.25) is 0 Å². The van der Waals surface area contributed by atoms with Gasteiger partial charge in [-0.05, 0) is 24.6 Å². The standard InChI is InChI=1S/C17H25N3O5S.ClH/c1-24-16-4-3-14(11-15(16)17(21)25-2)26(22,23)20-8-5-13(12-20)19-9-6-18-7-10-19;/h3-4,11,13,18H,5-10,12H2,1-2H3;1H. The van der Waals surface area contributed by atoms with Gasteiger partial charge in [0.05, 0.1) is 19.1 Å². The molecule has 1 unspecified atom stereocenters. The van der Waals surface area contributed by atoms with E-state index in [1.54, 1.807) is 0 Å². The van der Waals surface area contributed by atoms with Crippen LogP contribution in [-0.2, 0) is 14.8 Å². The Labute approximate surface area is 166 Å². The highest BCUT2D eigenvalue weighted by molar-refractivity contribution is 7.89. The first kappa shape index (κ1) is 21.9. The second-order valence-corrected chi connectivity index (χ2v) is 8.38. The molecule has 8 nitrogen and oxygen atoms in total. The van der Waals surface area contributed by atoms with Crippen molar-refractivity contribution in [1.82, 2.24) is 14.5 Å².